The number of aryl methyl sites for hydroxylation is 1. The first-order valence-electron chi connectivity index (χ1n) is 6.46. The van der Waals surface area contributed by atoms with E-state index in [1.54, 1.807) is 6.20 Å². The lowest BCUT2D eigenvalue weighted by Crippen LogP contribution is -2.43. The van der Waals surface area contributed by atoms with E-state index in [9.17, 15) is 0 Å². The summed E-state index contributed by atoms with van der Waals surface area (Å²) in [5.41, 5.74) is 6.57. The zero-order valence-corrected chi connectivity index (χ0v) is 13.3. The number of guanidine groups is 1. The van der Waals surface area contributed by atoms with Crippen molar-refractivity contribution < 1.29 is 0 Å². The van der Waals surface area contributed by atoms with Crippen molar-refractivity contribution in [3.8, 4) is 0 Å². The Morgan fingerprint density at radius 2 is 2.30 bits per heavy atom. The third-order valence-corrected chi connectivity index (χ3v) is 2.94. The number of rotatable bonds is 5. The van der Waals surface area contributed by atoms with E-state index in [2.05, 4.69) is 20.6 Å². The summed E-state index contributed by atoms with van der Waals surface area (Å²) >= 11 is 11.1. The number of thiocarbonyl (C=S) groups is 1. The number of halogens is 1. The van der Waals surface area contributed by atoms with Crippen molar-refractivity contribution in [3.63, 3.8) is 0 Å². The highest BCUT2D eigenvalue weighted by molar-refractivity contribution is 7.80. The zero-order chi connectivity index (χ0) is 15.0. The van der Waals surface area contributed by atoms with Crippen LogP contribution in [-0.2, 0) is 6.42 Å². The van der Waals surface area contributed by atoms with E-state index in [4.69, 9.17) is 29.6 Å². The number of aromatic nitrogens is 1. The molecule has 0 aliphatic heterocycles. The number of pyridine rings is 1. The molecule has 0 fully saturated rings. The molecule has 0 bridgehead atoms. The highest BCUT2D eigenvalue weighted by Gasteiger charge is 2.02. The van der Waals surface area contributed by atoms with Crippen LogP contribution in [0.5, 0.6) is 0 Å². The fourth-order valence-corrected chi connectivity index (χ4v) is 1.95. The largest absolute Gasteiger partial charge is 0.370 e. The van der Waals surface area contributed by atoms with Gasteiger partial charge in [0.2, 0.25) is 0 Å². The summed E-state index contributed by atoms with van der Waals surface area (Å²) in [6.45, 7) is 4.61. The molecular weight excluding hydrogens is 294 g/mol. The minimum atomic E-state index is 0.136. The highest BCUT2D eigenvalue weighted by Crippen LogP contribution is 2.13. The molecule has 0 aliphatic carbocycles. The number of hydrogen-bond acceptors (Lipinski definition) is 3. The van der Waals surface area contributed by atoms with Gasteiger partial charge in [0.25, 0.3) is 0 Å². The van der Waals surface area contributed by atoms with Gasteiger partial charge in [0.05, 0.1) is 10.7 Å². The number of nitrogens with one attached hydrogen (secondary N) is 2. The molecule has 0 aliphatic rings. The predicted octanol–water partition coefficient (Wildman–Crippen LogP) is 1.85. The normalized spacial score (nSPS) is 11.5. The molecule has 0 amide bonds. The van der Waals surface area contributed by atoms with E-state index < -0.39 is 0 Å². The van der Waals surface area contributed by atoms with Gasteiger partial charge >= 0.3 is 0 Å². The standard InChI is InChI=1S/C13H20ClN5S/c1-9(2)18-12(15)19-13(20)17-8-4-6-11-10(14)5-3-7-16-11/h3,5,7,9H,4,6,8H2,1-2H3,(H4,15,17,18,19,20). The Balaban J connectivity index is 2.24. The van der Waals surface area contributed by atoms with E-state index >= 15 is 0 Å². The van der Waals surface area contributed by atoms with Crippen LogP contribution in [0.15, 0.2) is 23.3 Å². The van der Waals surface area contributed by atoms with Crippen LogP contribution in [0.1, 0.15) is 26.0 Å². The van der Waals surface area contributed by atoms with Gasteiger partial charge in [-0.2, -0.15) is 0 Å². The second-order valence-electron chi connectivity index (χ2n) is 4.52. The third-order valence-electron chi connectivity index (χ3n) is 2.35. The van der Waals surface area contributed by atoms with Gasteiger partial charge in [-0.1, -0.05) is 11.6 Å². The lowest BCUT2D eigenvalue weighted by atomic mass is 10.2. The Kier molecular flexibility index (Phi) is 7.25. The van der Waals surface area contributed by atoms with Gasteiger partial charge in [-0.15, -0.1) is 0 Å². The molecule has 0 spiro atoms. The van der Waals surface area contributed by atoms with E-state index in [0.29, 0.717) is 22.6 Å². The van der Waals surface area contributed by atoms with Crippen LogP contribution in [0.4, 0.5) is 0 Å². The SMILES string of the molecule is CC(C)N=C(N)NC(=S)NCCCc1ncccc1Cl. The minimum Gasteiger partial charge on any atom is -0.370 e. The first kappa shape index (κ1) is 16.7. The Hall–Kier alpha value is -1.40. The average Bonchev–Trinajstić information content (AvgIpc) is 2.35. The molecule has 20 heavy (non-hydrogen) atoms. The molecule has 0 atom stereocenters. The Labute approximate surface area is 130 Å². The number of aliphatic imine (C=N–C) groups is 1. The quantitative estimate of drug-likeness (QED) is 0.335. The molecule has 1 rings (SSSR count). The van der Waals surface area contributed by atoms with Crippen LogP contribution < -0.4 is 16.4 Å². The molecule has 5 nitrogen and oxygen atoms in total. The van der Waals surface area contributed by atoms with Crippen LogP contribution in [0.2, 0.25) is 5.02 Å². The van der Waals surface area contributed by atoms with Gasteiger partial charge in [-0.3, -0.25) is 9.98 Å². The van der Waals surface area contributed by atoms with Gasteiger partial charge in [0.15, 0.2) is 11.1 Å². The third kappa shape index (κ3) is 6.68. The minimum absolute atomic E-state index is 0.136. The van der Waals surface area contributed by atoms with Crippen LogP contribution in [0.25, 0.3) is 0 Å². The molecule has 7 heteroatoms. The molecule has 4 N–H and O–H groups in total. The van der Waals surface area contributed by atoms with Crippen molar-refractivity contribution in [2.75, 3.05) is 6.54 Å². The summed E-state index contributed by atoms with van der Waals surface area (Å²) in [6.07, 6.45) is 3.41. The lowest BCUT2D eigenvalue weighted by molar-refractivity contribution is 0.756. The van der Waals surface area contributed by atoms with E-state index in [1.165, 1.54) is 0 Å². The molecule has 110 valence electrons. The maximum atomic E-state index is 6.03. The summed E-state index contributed by atoms with van der Waals surface area (Å²) in [7, 11) is 0. The summed E-state index contributed by atoms with van der Waals surface area (Å²) in [4.78, 5) is 8.36. The smallest absolute Gasteiger partial charge is 0.195 e. The van der Waals surface area contributed by atoms with E-state index in [0.717, 1.165) is 18.5 Å². The maximum absolute atomic E-state index is 6.03. The summed E-state index contributed by atoms with van der Waals surface area (Å²) < 4.78 is 0. The predicted molar refractivity (Wildman–Crippen MR) is 88.1 cm³/mol. The Morgan fingerprint density at radius 1 is 1.55 bits per heavy atom. The van der Waals surface area contributed by atoms with Gasteiger partial charge in [-0.25, -0.2) is 0 Å². The summed E-state index contributed by atoms with van der Waals surface area (Å²) in [5, 5.41) is 7.06. The average molecular weight is 314 g/mol. The molecule has 1 heterocycles. The van der Waals surface area contributed by atoms with E-state index in [-0.39, 0.29) is 6.04 Å². The van der Waals surface area contributed by atoms with Gasteiger partial charge in [-0.05, 0) is 51.0 Å². The molecule has 0 saturated heterocycles. The van der Waals surface area contributed by atoms with Crippen LogP contribution in [0, 0.1) is 0 Å². The molecule has 1 aromatic rings. The lowest BCUT2D eigenvalue weighted by Gasteiger charge is -2.10. The fourth-order valence-electron chi connectivity index (χ4n) is 1.53. The van der Waals surface area contributed by atoms with Crippen molar-refractivity contribution in [2.45, 2.75) is 32.7 Å². The van der Waals surface area contributed by atoms with Crippen LogP contribution in [0.3, 0.4) is 0 Å². The summed E-state index contributed by atoms with van der Waals surface area (Å²) in [6, 6.07) is 3.80. The molecule has 0 unspecified atom stereocenters. The molecular formula is C13H20ClN5S. The molecule has 0 radical (unpaired) electrons. The van der Waals surface area contributed by atoms with Crippen molar-refractivity contribution in [2.24, 2.45) is 10.7 Å². The Morgan fingerprint density at radius 3 is 2.95 bits per heavy atom. The van der Waals surface area contributed by atoms with Crippen molar-refractivity contribution in [1.29, 1.82) is 0 Å². The first-order valence-corrected chi connectivity index (χ1v) is 7.25. The van der Waals surface area contributed by atoms with Gasteiger partial charge in [0.1, 0.15) is 0 Å². The molecule has 1 aromatic heterocycles. The van der Waals surface area contributed by atoms with Crippen molar-refractivity contribution in [3.05, 3.63) is 29.0 Å². The van der Waals surface area contributed by atoms with Crippen molar-refractivity contribution in [1.82, 2.24) is 15.6 Å². The van der Waals surface area contributed by atoms with Gasteiger partial charge in [0, 0.05) is 18.8 Å². The monoisotopic (exact) mass is 313 g/mol. The van der Waals surface area contributed by atoms with Crippen LogP contribution >= 0.6 is 23.8 Å². The van der Waals surface area contributed by atoms with Crippen LogP contribution in [-0.4, -0.2) is 28.6 Å². The number of nitrogens with two attached hydrogens (primary N) is 1. The maximum Gasteiger partial charge on any atom is 0.195 e. The zero-order valence-electron chi connectivity index (χ0n) is 11.7. The first-order chi connectivity index (χ1) is 9.49. The highest BCUT2D eigenvalue weighted by atomic mass is 35.5. The fraction of sp³-hybridized carbons (Fsp3) is 0.462. The molecule has 0 saturated carbocycles. The second kappa shape index (κ2) is 8.71. The van der Waals surface area contributed by atoms with E-state index in [1.807, 2.05) is 26.0 Å². The molecule has 0 aromatic carbocycles. The summed E-state index contributed by atoms with van der Waals surface area (Å²) in [5.74, 6) is 0.324. The Bertz CT molecular complexity index is 476. The topological polar surface area (TPSA) is 75.3 Å². The second-order valence-corrected chi connectivity index (χ2v) is 5.34. The van der Waals surface area contributed by atoms with Gasteiger partial charge < -0.3 is 16.4 Å². The number of nitrogens with zero attached hydrogens (tertiary/aromatic N) is 2. The number of hydrogen-bond donors (Lipinski definition) is 3. The van der Waals surface area contributed by atoms with Crippen molar-refractivity contribution >= 4 is 34.9 Å².